The molecule has 10 aromatic rings. The zero-order chi connectivity index (χ0) is 37.8. The van der Waals surface area contributed by atoms with Gasteiger partial charge in [-0.25, -0.2) is 15.0 Å². The fourth-order valence-electron chi connectivity index (χ4n) is 9.04. The fourth-order valence-corrected chi connectivity index (χ4v) is 14.7. The van der Waals surface area contributed by atoms with Gasteiger partial charge in [0.2, 0.25) is 0 Å². The van der Waals surface area contributed by atoms with Crippen LogP contribution in [0.2, 0.25) is 0 Å². The molecule has 1 aliphatic rings. The zero-order valence-corrected chi connectivity index (χ0v) is 32.0. The van der Waals surface area contributed by atoms with Gasteiger partial charge >= 0.3 is 0 Å². The van der Waals surface area contributed by atoms with Crippen LogP contribution in [-0.4, -0.2) is 23.0 Å². The average molecular weight is 742 g/mol. The number of rotatable bonds is 6. The van der Waals surface area contributed by atoms with E-state index < -0.39 is 8.07 Å². The molecule has 0 spiro atoms. The van der Waals surface area contributed by atoms with Crippen LogP contribution in [0.25, 0.3) is 78.0 Å². The molecule has 0 fully saturated rings. The molecule has 9 aromatic carbocycles. The topological polar surface area (TPSA) is 38.7 Å². The maximum Gasteiger partial charge on any atom is 0.182 e. The number of hydrogen-bond donors (Lipinski definition) is 0. The number of fused-ring (bicyclic) bond motifs is 5. The molecule has 57 heavy (non-hydrogen) atoms. The molecule has 0 saturated carbocycles. The molecule has 11 rings (SSSR count). The van der Waals surface area contributed by atoms with E-state index in [-0.39, 0.29) is 0 Å². The van der Waals surface area contributed by atoms with Gasteiger partial charge in [-0.05, 0) is 64.5 Å². The van der Waals surface area contributed by atoms with E-state index in [0.717, 1.165) is 22.3 Å². The molecular formula is C53H35N3Si. The predicted molar refractivity (Wildman–Crippen MR) is 239 cm³/mol. The standard InChI is InChI=1S/C53H35N3Si/c1-3-15-36(16-4-1)37-29-31-41(32-30-37)52-54-51(40-19-5-2-6-20-40)55-53(56-52)42-33-34-46-45-25-11-12-26-49(45)57(50(46)35-42,47-27-13-21-38-17-7-9-23-43(38)47)48-28-14-22-39-18-8-10-24-44(39)48/h1-35H. The van der Waals surface area contributed by atoms with E-state index in [1.165, 1.54) is 59.0 Å². The van der Waals surface area contributed by atoms with Crippen LogP contribution in [0.15, 0.2) is 212 Å². The van der Waals surface area contributed by atoms with Crippen molar-refractivity contribution in [2.45, 2.75) is 0 Å². The van der Waals surface area contributed by atoms with Crippen LogP contribution in [0.5, 0.6) is 0 Å². The van der Waals surface area contributed by atoms with Gasteiger partial charge in [-0.3, -0.25) is 0 Å². The predicted octanol–water partition coefficient (Wildman–Crippen LogP) is 10.2. The summed E-state index contributed by atoms with van der Waals surface area (Å²) in [6, 6.07) is 76.8. The summed E-state index contributed by atoms with van der Waals surface area (Å²) in [5, 5.41) is 10.6. The Morgan fingerprint density at radius 3 is 1.30 bits per heavy atom. The normalized spacial score (nSPS) is 12.7. The minimum absolute atomic E-state index is 0.647. The van der Waals surface area contributed by atoms with Crippen LogP contribution >= 0.6 is 0 Å². The van der Waals surface area contributed by atoms with Crippen LogP contribution in [0.1, 0.15) is 0 Å². The van der Waals surface area contributed by atoms with E-state index in [0.29, 0.717) is 17.5 Å². The van der Waals surface area contributed by atoms with Gasteiger partial charge in [0.1, 0.15) is 0 Å². The van der Waals surface area contributed by atoms with Crippen molar-refractivity contribution in [1.82, 2.24) is 15.0 Å². The molecule has 1 aliphatic heterocycles. The number of benzene rings is 9. The van der Waals surface area contributed by atoms with Crippen molar-refractivity contribution in [1.29, 1.82) is 0 Å². The molecule has 1 aromatic heterocycles. The Balaban J connectivity index is 1.18. The summed E-state index contributed by atoms with van der Waals surface area (Å²) < 4.78 is 0. The number of aromatic nitrogens is 3. The van der Waals surface area contributed by atoms with Crippen LogP contribution < -0.4 is 20.7 Å². The molecule has 4 heteroatoms. The van der Waals surface area contributed by atoms with Crippen molar-refractivity contribution in [3.63, 3.8) is 0 Å². The van der Waals surface area contributed by atoms with Gasteiger partial charge in [-0.1, -0.05) is 212 Å². The first-order valence-electron chi connectivity index (χ1n) is 19.4. The monoisotopic (exact) mass is 741 g/mol. The minimum Gasteiger partial charge on any atom is -0.208 e. The Kier molecular flexibility index (Phi) is 7.83. The Morgan fingerprint density at radius 1 is 0.263 bits per heavy atom. The molecule has 266 valence electrons. The molecule has 0 N–H and O–H groups in total. The second-order valence-electron chi connectivity index (χ2n) is 14.7. The lowest BCUT2D eigenvalue weighted by Crippen LogP contribution is -2.73. The second kappa shape index (κ2) is 13.5. The van der Waals surface area contributed by atoms with E-state index >= 15 is 0 Å². The second-order valence-corrected chi connectivity index (χ2v) is 18.4. The summed E-state index contributed by atoms with van der Waals surface area (Å²) in [6.07, 6.45) is 0. The van der Waals surface area contributed by atoms with Gasteiger partial charge in [0.25, 0.3) is 0 Å². The van der Waals surface area contributed by atoms with Crippen molar-refractivity contribution < 1.29 is 0 Å². The van der Waals surface area contributed by atoms with Crippen LogP contribution in [0.4, 0.5) is 0 Å². The largest absolute Gasteiger partial charge is 0.208 e. The summed E-state index contributed by atoms with van der Waals surface area (Å²) in [7, 11) is -2.98. The van der Waals surface area contributed by atoms with Gasteiger partial charge in [0, 0.05) is 16.7 Å². The van der Waals surface area contributed by atoms with Gasteiger partial charge in [0.15, 0.2) is 25.5 Å². The third-order valence-electron chi connectivity index (χ3n) is 11.6. The summed E-state index contributed by atoms with van der Waals surface area (Å²) in [5.41, 5.74) is 7.77. The van der Waals surface area contributed by atoms with Gasteiger partial charge in [0.05, 0.1) is 0 Å². The Hall–Kier alpha value is -7.27. The SMILES string of the molecule is c1ccc(-c2ccc(-c3nc(-c4ccccc4)nc(-c4ccc5c(c4)[Si](c4cccc6ccccc46)(c4cccc6ccccc46)c4ccccc4-5)n3)cc2)cc1. The summed E-state index contributed by atoms with van der Waals surface area (Å²) in [6.45, 7) is 0. The summed E-state index contributed by atoms with van der Waals surface area (Å²) in [5.74, 6) is 1.95. The molecule has 0 aliphatic carbocycles. The molecule has 0 amide bonds. The maximum atomic E-state index is 5.26. The average Bonchev–Trinajstić information content (AvgIpc) is 3.59. The molecule has 3 nitrogen and oxygen atoms in total. The third-order valence-corrected chi connectivity index (χ3v) is 16.6. The molecule has 2 heterocycles. The van der Waals surface area contributed by atoms with E-state index in [1.807, 2.05) is 24.3 Å². The molecule has 0 bridgehead atoms. The van der Waals surface area contributed by atoms with Crippen molar-refractivity contribution in [3.05, 3.63) is 212 Å². The van der Waals surface area contributed by atoms with Crippen LogP contribution in [0, 0.1) is 0 Å². The highest BCUT2D eigenvalue weighted by molar-refractivity contribution is 7.23. The highest BCUT2D eigenvalue weighted by atomic mass is 28.3. The first kappa shape index (κ1) is 33.1. The number of nitrogens with zero attached hydrogens (tertiary/aromatic N) is 3. The van der Waals surface area contributed by atoms with Crippen LogP contribution in [-0.2, 0) is 0 Å². The highest BCUT2D eigenvalue weighted by Gasteiger charge is 2.50. The lowest BCUT2D eigenvalue weighted by atomic mass is 10.0. The highest BCUT2D eigenvalue weighted by Crippen LogP contribution is 2.34. The van der Waals surface area contributed by atoms with Crippen molar-refractivity contribution >= 4 is 50.4 Å². The molecule has 0 radical (unpaired) electrons. The zero-order valence-electron chi connectivity index (χ0n) is 31.0. The summed E-state index contributed by atoms with van der Waals surface area (Å²) >= 11 is 0. The fraction of sp³-hybridized carbons (Fsp3) is 0. The third kappa shape index (κ3) is 5.37. The van der Waals surface area contributed by atoms with E-state index in [1.54, 1.807) is 0 Å². The molecule has 0 unspecified atom stereocenters. The van der Waals surface area contributed by atoms with Crippen molar-refractivity contribution in [2.24, 2.45) is 0 Å². The van der Waals surface area contributed by atoms with E-state index in [4.69, 9.17) is 15.0 Å². The van der Waals surface area contributed by atoms with Gasteiger partial charge in [-0.2, -0.15) is 0 Å². The molecular weight excluding hydrogens is 707 g/mol. The Labute approximate surface area is 332 Å². The van der Waals surface area contributed by atoms with Gasteiger partial charge in [-0.15, -0.1) is 0 Å². The maximum absolute atomic E-state index is 5.26. The van der Waals surface area contributed by atoms with Crippen molar-refractivity contribution in [2.75, 3.05) is 0 Å². The quantitative estimate of drug-likeness (QED) is 0.159. The van der Waals surface area contributed by atoms with E-state index in [9.17, 15) is 0 Å². The number of hydrogen-bond acceptors (Lipinski definition) is 3. The smallest absolute Gasteiger partial charge is 0.182 e. The first-order chi connectivity index (χ1) is 28.3. The van der Waals surface area contributed by atoms with Gasteiger partial charge < -0.3 is 0 Å². The Morgan fingerprint density at radius 2 is 0.667 bits per heavy atom. The Bertz CT molecular complexity index is 3030. The lowest BCUT2D eigenvalue weighted by molar-refractivity contribution is 1.07. The van der Waals surface area contributed by atoms with Crippen molar-refractivity contribution in [3.8, 4) is 56.4 Å². The van der Waals surface area contributed by atoms with Crippen LogP contribution in [0.3, 0.4) is 0 Å². The lowest BCUT2D eigenvalue weighted by Gasteiger charge is -2.33. The first-order valence-corrected chi connectivity index (χ1v) is 21.4. The minimum atomic E-state index is -2.98. The molecule has 0 saturated heterocycles. The summed E-state index contributed by atoms with van der Waals surface area (Å²) in [4.78, 5) is 15.6. The molecule has 0 atom stereocenters. The van der Waals surface area contributed by atoms with E-state index in [2.05, 4.69) is 188 Å².